The van der Waals surface area contributed by atoms with Gasteiger partial charge in [0.15, 0.2) is 10.1 Å². The van der Waals surface area contributed by atoms with Crippen molar-refractivity contribution in [2.75, 3.05) is 39.3 Å². The molecule has 218 valence electrons. The molecular formula is C26H54F3N3O3S. The number of unbranched alkanes of at least 4 members (excludes halogenated alkanes) is 8. The number of hydrogen-bond acceptors (Lipinski definition) is 3. The number of alkyl halides is 3. The van der Waals surface area contributed by atoms with E-state index in [1.165, 1.54) is 103 Å². The predicted molar refractivity (Wildman–Crippen MR) is 143 cm³/mol. The van der Waals surface area contributed by atoms with Crippen LogP contribution in [0.3, 0.4) is 0 Å². The van der Waals surface area contributed by atoms with Crippen LogP contribution in [0.25, 0.3) is 0 Å². The second-order valence-corrected chi connectivity index (χ2v) is 10.5. The molecule has 0 spiro atoms. The minimum Gasteiger partial charge on any atom is -0.741 e. The largest absolute Gasteiger partial charge is 0.741 e. The highest BCUT2D eigenvalue weighted by Crippen LogP contribution is 2.20. The number of halogens is 3. The van der Waals surface area contributed by atoms with Gasteiger partial charge in [0.1, 0.15) is 0 Å². The van der Waals surface area contributed by atoms with Crippen molar-refractivity contribution in [3.05, 3.63) is 0 Å². The third-order valence-corrected chi connectivity index (χ3v) is 6.59. The van der Waals surface area contributed by atoms with Crippen LogP contribution in [-0.2, 0) is 10.1 Å². The molecule has 0 aromatic rings. The monoisotopic (exact) mass is 545 g/mol. The van der Waals surface area contributed by atoms with E-state index in [-0.39, 0.29) is 0 Å². The van der Waals surface area contributed by atoms with Crippen molar-refractivity contribution >= 4 is 16.1 Å². The van der Waals surface area contributed by atoms with Gasteiger partial charge in [0.25, 0.3) is 0 Å². The van der Waals surface area contributed by atoms with E-state index in [1.807, 2.05) is 0 Å². The summed E-state index contributed by atoms with van der Waals surface area (Å²) in [4.78, 5) is 5.37. The Balaban J connectivity index is 0. The lowest BCUT2D eigenvalue weighted by atomic mass is 10.2. The summed E-state index contributed by atoms with van der Waals surface area (Å²) < 4.78 is 61.7. The van der Waals surface area contributed by atoms with Gasteiger partial charge in [-0.3, -0.25) is 14.4 Å². The van der Waals surface area contributed by atoms with Gasteiger partial charge in [-0.15, -0.1) is 0 Å². The summed E-state index contributed by atoms with van der Waals surface area (Å²) in [6.45, 7) is 21.0. The molecule has 0 aliphatic rings. The van der Waals surface area contributed by atoms with Gasteiger partial charge in [-0.2, -0.15) is 13.2 Å². The number of nitrogens with zero attached hydrogens (tertiary/aromatic N) is 3. The van der Waals surface area contributed by atoms with Gasteiger partial charge in [0.05, 0.1) is 39.3 Å². The zero-order chi connectivity index (χ0) is 28.0. The van der Waals surface area contributed by atoms with Crippen molar-refractivity contribution in [3.8, 4) is 0 Å². The molecule has 0 bridgehead atoms. The Morgan fingerprint density at radius 3 is 1.31 bits per heavy atom. The molecule has 0 saturated heterocycles. The maximum absolute atomic E-state index is 10.7. The molecule has 0 rings (SSSR count). The Morgan fingerprint density at radius 2 is 1.03 bits per heavy atom. The summed E-state index contributed by atoms with van der Waals surface area (Å²) in [5, 5.41) is 0. The quantitative estimate of drug-likeness (QED) is 0.0473. The van der Waals surface area contributed by atoms with Crippen LogP contribution < -0.4 is 0 Å². The second kappa shape index (κ2) is 22.0. The molecule has 0 unspecified atom stereocenters. The fourth-order valence-corrected chi connectivity index (χ4v) is 3.89. The first-order valence-electron chi connectivity index (χ1n) is 14.1. The van der Waals surface area contributed by atoms with Crippen LogP contribution in [0.15, 0.2) is 0 Å². The van der Waals surface area contributed by atoms with Crippen molar-refractivity contribution in [1.82, 2.24) is 9.80 Å². The highest BCUT2D eigenvalue weighted by Gasteiger charge is 2.37. The van der Waals surface area contributed by atoms with Crippen molar-refractivity contribution in [1.29, 1.82) is 0 Å². The third-order valence-electron chi connectivity index (χ3n) is 6.02. The van der Waals surface area contributed by atoms with Gasteiger partial charge in [-0.05, 0) is 39.5 Å². The Labute approximate surface area is 220 Å². The minimum atomic E-state index is -6.09. The average molecular weight is 546 g/mol. The third kappa shape index (κ3) is 17.4. The van der Waals surface area contributed by atoms with Crippen LogP contribution >= 0.6 is 0 Å². The fraction of sp³-hybridized carbons (Fsp3) is 0.962. The molecule has 0 aromatic heterocycles. The van der Waals surface area contributed by atoms with Gasteiger partial charge in [-0.1, -0.05) is 79.1 Å². The zero-order valence-electron chi connectivity index (χ0n) is 23.8. The first-order valence-corrected chi connectivity index (χ1v) is 15.5. The predicted octanol–water partition coefficient (Wildman–Crippen LogP) is 6.81. The van der Waals surface area contributed by atoms with E-state index in [2.05, 4.69) is 55.9 Å². The lowest BCUT2D eigenvalue weighted by Crippen LogP contribution is -2.51. The van der Waals surface area contributed by atoms with Gasteiger partial charge < -0.3 is 4.55 Å². The first-order chi connectivity index (χ1) is 16.9. The molecule has 0 heterocycles. The van der Waals surface area contributed by atoms with Gasteiger partial charge in [0.2, 0.25) is 0 Å². The topological polar surface area (TPSA) is 66.7 Å². The molecule has 0 aromatic carbocycles. The van der Waals surface area contributed by atoms with E-state index in [9.17, 15) is 13.2 Å². The molecule has 0 N–H and O–H groups in total. The van der Waals surface area contributed by atoms with E-state index < -0.39 is 15.6 Å². The number of guanidine groups is 1. The molecule has 0 aliphatic carbocycles. The maximum atomic E-state index is 10.7. The van der Waals surface area contributed by atoms with Crippen molar-refractivity contribution in [2.24, 2.45) is 0 Å². The highest BCUT2D eigenvalue weighted by molar-refractivity contribution is 7.86. The molecule has 0 radical (unpaired) electrons. The highest BCUT2D eigenvalue weighted by atomic mass is 32.2. The SMILES string of the molecule is CCCCCC[N+](CCCCCC)=C(N(CC)CC)N(CCCC)CCCC.O=S(=O)([O-])C(F)(F)F. The second-order valence-electron chi connectivity index (χ2n) is 9.17. The molecule has 0 aliphatic heterocycles. The summed E-state index contributed by atoms with van der Waals surface area (Å²) in [5.41, 5.74) is -5.65. The van der Waals surface area contributed by atoms with Crippen LogP contribution in [0.2, 0.25) is 0 Å². The molecule has 0 amide bonds. The summed E-state index contributed by atoms with van der Waals surface area (Å²) in [6, 6.07) is 0. The number of rotatable bonds is 18. The van der Waals surface area contributed by atoms with Crippen LogP contribution in [0.4, 0.5) is 13.2 Å². The van der Waals surface area contributed by atoms with Crippen molar-refractivity contribution in [2.45, 2.75) is 124 Å². The van der Waals surface area contributed by atoms with Crippen LogP contribution in [0.1, 0.15) is 119 Å². The van der Waals surface area contributed by atoms with Gasteiger partial charge in [0, 0.05) is 0 Å². The van der Waals surface area contributed by atoms with E-state index in [0.717, 1.165) is 13.1 Å². The van der Waals surface area contributed by atoms with Crippen LogP contribution in [0, 0.1) is 0 Å². The molecule has 0 saturated carbocycles. The van der Waals surface area contributed by atoms with E-state index in [1.54, 1.807) is 5.96 Å². The molecule has 36 heavy (non-hydrogen) atoms. The Morgan fingerprint density at radius 1 is 0.667 bits per heavy atom. The summed E-state index contributed by atoms with van der Waals surface area (Å²) in [5.74, 6) is 1.54. The number of hydrogen-bond donors (Lipinski definition) is 0. The Bertz CT molecular complexity index is 631. The van der Waals surface area contributed by atoms with Gasteiger partial charge >= 0.3 is 11.5 Å². The summed E-state index contributed by atoms with van der Waals surface area (Å²) in [7, 11) is -6.09. The fourth-order valence-electron chi connectivity index (χ4n) is 3.89. The van der Waals surface area contributed by atoms with Crippen molar-refractivity contribution < 1.29 is 30.7 Å². The van der Waals surface area contributed by atoms with Gasteiger partial charge in [-0.25, -0.2) is 8.42 Å². The normalized spacial score (nSPS) is 11.6. The van der Waals surface area contributed by atoms with E-state index in [4.69, 9.17) is 13.0 Å². The minimum absolute atomic E-state index is 1.11. The Kier molecular flexibility index (Phi) is 22.7. The lowest BCUT2D eigenvalue weighted by molar-refractivity contribution is -0.539. The standard InChI is InChI=1S/C25H54N3.CHF3O3S/c1-7-13-17-19-23-28(24-20-18-14-8-2)25(26(11-5)12-6)27(21-15-9-3)22-16-10-4;2-1(3,4)8(5,6)7/h7-24H2,1-6H3;(H,5,6,7)/q+1;/p-1. The molecule has 10 heteroatoms. The van der Waals surface area contributed by atoms with Crippen molar-refractivity contribution in [3.63, 3.8) is 0 Å². The molecule has 0 fully saturated rings. The van der Waals surface area contributed by atoms with Crippen LogP contribution in [-0.4, -0.2) is 78.1 Å². The first kappa shape index (κ1) is 37.1. The van der Waals surface area contributed by atoms with Crippen LogP contribution in [0.5, 0.6) is 0 Å². The summed E-state index contributed by atoms with van der Waals surface area (Å²) >= 11 is 0. The maximum Gasteiger partial charge on any atom is 0.485 e. The average Bonchev–Trinajstić information content (AvgIpc) is 2.81. The zero-order valence-corrected chi connectivity index (χ0v) is 24.7. The summed E-state index contributed by atoms with van der Waals surface area (Å²) in [6.07, 6.45) is 16.0. The van der Waals surface area contributed by atoms with E-state index >= 15 is 0 Å². The van der Waals surface area contributed by atoms with E-state index in [0.29, 0.717) is 0 Å². The molecule has 0 atom stereocenters. The molecular weight excluding hydrogens is 491 g/mol. The smallest absolute Gasteiger partial charge is 0.485 e. The Hall–Kier alpha value is -1.03. The lowest BCUT2D eigenvalue weighted by Gasteiger charge is -2.30. The molecule has 6 nitrogen and oxygen atoms in total.